The van der Waals surface area contributed by atoms with Gasteiger partial charge in [0.15, 0.2) is 0 Å². The van der Waals surface area contributed by atoms with Gasteiger partial charge in [0.25, 0.3) is 0 Å². The number of piperidine rings is 1. The quantitative estimate of drug-likeness (QED) is 0.872. The number of nitrogens with one attached hydrogen (secondary N) is 2. The fraction of sp³-hybridized carbons (Fsp3) is 0.444. The molecule has 1 amide bonds. The fourth-order valence-corrected chi connectivity index (χ4v) is 3.16. The van der Waals surface area contributed by atoms with Gasteiger partial charge in [0, 0.05) is 37.4 Å². The van der Waals surface area contributed by atoms with Crippen molar-refractivity contribution in [2.24, 2.45) is 5.92 Å². The lowest BCUT2D eigenvalue weighted by molar-refractivity contribution is -0.126. The molecule has 0 radical (unpaired) electrons. The molecule has 3 rings (SSSR count). The van der Waals surface area contributed by atoms with Crippen molar-refractivity contribution < 1.29 is 4.79 Å². The maximum Gasteiger partial charge on any atom is 0.223 e. The SMILES string of the molecule is C[C@H]1C[C@@H](C(=O)NCc2ccccc2Cn2ccnc2)CCN1.Cl. The van der Waals surface area contributed by atoms with Crippen molar-refractivity contribution in [2.45, 2.75) is 38.9 Å². The van der Waals surface area contributed by atoms with Crippen LogP contribution in [0.4, 0.5) is 0 Å². The first kappa shape index (κ1) is 18.5. The van der Waals surface area contributed by atoms with Crippen molar-refractivity contribution >= 4 is 18.3 Å². The van der Waals surface area contributed by atoms with Crippen LogP contribution in [0.15, 0.2) is 43.0 Å². The van der Waals surface area contributed by atoms with Gasteiger partial charge in [-0.3, -0.25) is 4.79 Å². The van der Waals surface area contributed by atoms with Gasteiger partial charge in [-0.15, -0.1) is 12.4 Å². The number of carbonyl (C=O) groups is 1. The smallest absolute Gasteiger partial charge is 0.223 e. The Morgan fingerprint density at radius 3 is 2.88 bits per heavy atom. The molecular formula is C18H25ClN4O. The van der Waals surface area contributed by atoms with Crippen LogP contribution in [0.1, 0.15) is 30.9 Å². The standard InChI is InChI=1S/C18H24N4O.ClH/c1-14-10-15(6-7-20-14)18(23)21-11-16-4-2-3-5-17(16)12-22-9-8-19-13-22;/h2-5,8-9,13-15,20H,6-7,10-12H2,1H3,(H,21,23);1H/t14-,15-;/m0./s1. The van der Waals surface area contributed by atoms with E-state index in [1.807, 2.05) is 29.2 Å². The third-order valence-electron chi connectivity index (χ3n) is 4.48. The summed E-state index contributed by atoms with van der Waals surface area (Å²) < 4.78 is 2.04. The van der Waals surface area contributed by atoms with Gasteiger partial charge >= 0.3 is 0 Å². The predicted molar refractivity (Wildman–Crippen MR) is 97.1 cm³/mol. The Morgan fingerprint density at radius 2 is 2.17 bits per heavy atom. The summed E-state index contributed by atoms with van der Waals surface area (Å²) >= 11 is 0. The number of imidazole rings is 1. The second-order valence-corrected chi connectivity index (χ2v) is 6.30. The van der Waals surface area contributed by atoms with E-state index in [9.17, 15) is 4.79 Å². The Kier molecular flexibility index (Phi) is 6.82. The Hall–Kier alpha value is -1.85. The molecule has 2 N–H and O–H groups in total. The van der Waals surface area contributed by atoms with Crippen LogP contribution in [0.25, 0.3) is 0 Å². The molecule has 0 unspecified atom stereocenters. The van der Waals surface area contributed by atoms with Gasteiger partial charge in [-0.2, -0.15) is 0 Å². The number of hydrogen-bond acceptors (Lipinski definition) is 3. The van der Waals surface area contributed by atoms with Crippen LogP contribution in [-0.2, 0) is 17.9 Å². The number of aromatic nitrogens is 2. The van der Waals surface area contributed by atoms with Crippen LogP contribution in [0.2, 0.25) is 0 Å². The summed E-state index contributed by atoms with van der Waals surface area (Å²) in [6, 6.07) is 8.66. The van der Waals surface area contributed by atoms with Gasteiger partial charge < -0.3 is 15.2 Å². The molecule has 0 aliphatic carbocycles. The maximum absolute atomic E-state index is 12.4. The van der Waals surface area contributed by atoms with Crippen molar-refractivity contribution in [1.82, 2.24) is 20.2 Å². The van der Waals surface area contributed by atoms with E-state index in [2.05, 4.69) is 34.7 Å². The van der Waals surface area contributed by atoms with Crippen LogP contribution in [0.3, 0.4) is 0 Å². The zero-order valence-corrected chi connectivity index (χ0v) is 14.8. The highest BCUT2D eigenvalue weighted by molar-refractivity contribution is 5.85. The first-order valence-corrected chi connectivity index (χ1v) is 8.26. The molecule has 130 valence electrons. The molecule has 2 atom stereocenters. The summed E-state index contributed by atoms with van der Waals surface area (Å²) in [5.74, 6) is 0.308. The lowest BCUT2D eigenvalue weighted by Crippen LogP contribution is -2.42. The normalized spacial score (nSPS) is 20.2. The Balaban J connectivity index is 0.00000208. The van der Waals surface area contributed by atoms with Gasteiger partial charge in [0.1, 0.15) is 0 Å². The van der Waals surface area contributed by atoms with E-state index < -0.39 is 0 Å². The predicted octanol–water partition coefficient (Wildman–Crippen LogP) is 2.36. The molecular weight excluding hydrogens is 324 g/mol. The second kappa shape index (κ2) is 8.85. The Morgan fingerprint density at radius 1 is 1.38 bits per heavy atom. The van der Waals surface area contributed by atoms with Gasteiger partial charge in [0.05, 0.1) is 6.33 Å². The molecule has 0 saturated carbocycles. The lowest BCUT2D eigenvalue weighted by Gasteiger charge is -2.27. The zero-order valence-electron chi connectivity index (χ0n) is 13.9. The van der Waals surface area contributed by atoms with E-state index in [1.54, 1.807) is 6.20 Å². The molecule has 1 aliphatic rings. The highest BCUT2D eigenvalue weighted by Gasteiger charge is 2.24. The minimum atomic E-state index is 0. The third kappa shape index (κ3) is 4.82. The molecule has 2 aromatic rings. The average Bonchev–Trinajstić information content (AvgIpc) is 3.07. The van der Waals surface area contributed by atoms with Gasteiger partial charge in [-0.1, -0.05) is 24.3 Å². The fourth-order valence-electron chi connectivity index (χ4n) is 3.16. The van der Waals surface area contributed by atoms with E-state index in [1.165, 1.54) is 5.56 Å². The minimum Gasteiger partial charge on any atom is -0.352 e. The number of rotatable bonds is 5. The highest BCUT2D eigenvalue weighted by Crippen LogP contribution is 2.17. The zero-order chi connectivity index (χ0) is 16.1. The first-order chi connectivity index (χ1) is 11.2. The number of nitrogens with zero attached hydrogens (tertiary/aromatic N) is 2. The number of carbonyl (C=O) groups excluding carboxylic acids is 1. The number of amides is 1. The largest absolute Gasteiger partial charge is 0.352 e. The minimum absolute atomic E-state index is 0. The van der Waals surface area contributed by atoms with Gasteiger partial charge in [-0.25, -0.2) is 4.98 Å². The van der Waals surface area contributed by atoms with Crippen molar-refractivity contribution in [2.75, 3.05) is 6.54 Å². The van der Waals surface area contributed by atoms with Crippen molar-refractivity contribution in [3.63, 3.8) is 0 Å². The molecule has 2 heterocycles. The summed E-state index contributed by atoms with van der Waals surface area (Å²) in [6.45, 7) is 4.43. The second-order valence-electron chi connectivity index (χ2n) is 6.30. The molecule has 1 saturated heterocycles. The monoisotopic (exact) mass is 348 g/mol. The molecule has 1 aromatic carbocycles. The Bertz CT molecular complexity index is 644. The highest BCUT2D eigenvalue weighted by atomic mass is 35.5. The number of halogens is 1. The number of benzene rings is 1. The molecule has 1 aliphatic heterocycles. The summed E-state index contributed by atoms with van der Waals surface area (Å²) in [7, 11) is 0. The van der Waals surface area contributed by atoms with Crippen LogP contribution < -0.4 is 10.6 Å². The summed E-state index contributed by atoms with van der Waals surface area (Å²) in [4.78, 5) is 16.5. The maximum atomic E-state index is 12.4. The van der Waals surface area contributed by atoms with Crippen LogP contribution in [-0.4, -0.2) is 28.0 Å². The van der Waals surface area contributed by atoms with E-state index in [4.69, 9.17) is 0 Å². The summed E-state index contributed by atoms with van der Waals surface area (Å²) in [6.07, 6.45) is 7.38. The van der Waals surface area contributed by atoms with Crippen molar-refractivity contribution in [1.29, 1.82) is 0 Å². The topological polar surface area (TPSA) is 59.0 Å². The average molecular weight is 349 g/mol. The summed E-state index contributed by atoms with van der Waals surface area (Å²) in [5, 5.41) is 6.50. The first-order valence-electron chi connectivity index (χ1n) is 8.26. The molecule has 6 heteroatoms. The van der Waals surface area contributed by atoms with Gasteiger partial charge in [-0.05, 0) is 37.4 Å². The summed E-state index contributed by atoms with van der Waals surface area (Å²) in [5.41, 5.74) is 2.38. The van der Waals surface area contributed by atoms with Crippen LogP contribution in [0.5, 0.6) is 0 Å². The number of hydrogen-bond donors (Lipinski definition) is 2. The third-order valence-corrected chi connectivity index (χ3v) is 4.48. The van der Waals surface area contributed by atoms with E-state index >= 15 is 0 Å². The Labute approximate surface area is 149 Å². The van der Waals surface area contributed by atoms with E-state index in [0.717, 1.165) is 31.5 Å². The lowest BCUT2D eigenvalue weighted by atomic mass is 9.92. The van der Waals surface area contributed by atoms with Gasteiger partial charge in [0.2, 0.25) is 5.91 Å². The molecule has 1 aromatic heterocycles. The van der Waals surface area contributed by atoms with Crippen LogP contribution >= 0.6 is 12.4 Å². The molecule has 0 spiro atoms. The van der Waals surface area contributed by atoms with E-state index in [-0.39, 0.29) is 24.2 Å². The van der Waals surface area contributed by atoms with E-state index in [0.29, 0.717) is 12.6 Å². The van der Waals surface area contributed by atoms with Crippen molar-refractivity contribution in [3.8, 4) is 0 Å². The molecule has 24 heavy (non-hydrogen) atoms. The molecule has 5 nitrogen and oxygen atoms in total. The van der Waals surface area contributed by atoms with Crippen molar-refractivity contribution in [3.05, 3.63) is 54.1 Å². The molecule has 1 fully saturated rings. The molecule has 0 bridgehead atoms. The van der Waals surface area contributed by atoms with Crippen LogP contribution in [0, 0.1) is 5.92 Å².